The van der Waals surface area contributed by atoms with E-state index in [1.54, 1.807) is 6.20 Å². The lowest BCUT2D eigenvalue weighted by atomic mass is 10.0. The molecule has 3 heterocycles. The monoisotopic (exact) mass is 419 g/mol. The Kier molecular flexibility index (Phi) is 5.66. The number of likely N-dealkylation sites (tertiary alicyclic amines) is 1. The summed E-state index contributed by atoms with van der Waals surface area (Å²) in [6.07, 6.45) is 3.37. The van der Waals surface area contributed by atoms with Crippen molar-refractivity contribution in [1.82, 2.24) is 9.88 Å². The van der Waals surface area contributed by atoms with Crippen molar-refractivity contribution in [3.63, 3.8) is 0 Å². The molecule has 7 nitrogen and oxygen atoms in total. The fraction of sp³-hybridized carbons (Fsp3) is 0.524. The molecule has 1 aromatic heterocycles. The number of rotatable bonds is 4. The molecule has 0 bridgehead atoms. The third-order valence-corrected chi connectivity index (χ3v) is 5.57. The molecule has 2 aromatic rings. The van der Waals surface area contributed by atoms with E-state index in [4.69, 9.17) is 26.1 Å². The minimum atomic E-state index is -0.720. The number of ether oxygens (including phenoxy) is 1. The Hall–Kier alpha value is -1.93. The van der Waals surface area contributed by atoms with Crippen LogP contribution < -0.4 is 5.32 Å². The quantitative estimate of drug-likeness (QED) is 0.760. The van der Waals surface area contributed by atoms with Gasteiger partial charge in [0, 0.05) is 61.2 Å². The number of amides is 1. The molecule has 2 aliphatic heterocycles. The van der Waals surface area contributed by atoms with Gasteiger partial charge in [0.05, 0.1) is 12.1 Å². The lowest BCUT2D eigenvalue weighted by Gasteiger charge is -2.45. The summed E-state index contributed by atoms with van der Waals surface area (Å²) in [4.78, 5) is 29.8. The van der Waals surface area contributed by atoms with E-state index in [-0.39, 0.29) is 5.91 Å². The number of hydrogen-bond donors (Lipinski definition) is 1. The summed E-state index contributed by atoms with van der Waals surface area (Å²) in [5.41, 5.74) is 1.33. The molecule has 1 N–H and O–H groups in total. The van der Waals surface area contributed by atoms with Gasteiger partial charge in [-0.1, -0.05) is 11.6 Å². The zero-order valence-electron chi connectivity index (χ0n) is 16.7. The molecule has 0 unspecified atom stereocenters. The van der Waals surface area contributed by atoms with Crippen LogP contribution in [0.1, 0.15) is 33.1 Å². The Balaban J connectivity index is 1.27. The first kappa shape index (κ1) is 20.3. The van der Waals surface area contributed by atoms with Gasteiger partial charge in [-0.2, -0.15) is 0 Å². The third kappa shape index (κ3) is 4.64. The minimum absolute atomic E-state index is 0.116. The summed E-state index contributed by atoms with van der Waals surface area (Å²) in [5, 5.41) is 4.98. The first-order valence-corrected chi connectivity index (χ1v) is 10.3. The van der Waals surface area contributed by atoms with Crippen LogP contribution in [0.4, 0.5) is 5.69 Å². The molecule has 0 aliphatic carbocycles. The number of carbonyl (C=O) groups is 1. The van der Waals surface area contributed by atoms with Gasteiger partial charge in [0.25, 0.3) is 0 Å². The van der Waals surface area contributed by atoms with E-state index in [1.165, 1.54) is 0 Å². The summed E-state index contributed by atoms with van der Waals surface area (Å²) in [6.45, 7) is 6.07. The maximum atomic E-state index is 12.6. The predicted octanol–water partition coefficient (Wildman–Crippen LogP) is 3.77. The average Bonchev–Trinajstić information content (AvgIpc) is 2.71. The smallest absolute Gasteiger partial charge is 0.224 e. The molecule has 1 amide bonds. The highest BCUT2D eigenvalue weighted by Crippen LogP contribution is 2.35. The van der Waals surface area contributed by atoms with E-state index >= 15 is 0 Å². The van der Waals surface area contributed by atoms with Crippen LogP contribution in [0.5, 0.6) is 0 Å². The number of nitrogens with one attached hydrogen (secondary N) is 1. The maximum Gasteiger partial charge on any atom is 0.224 e. The summed E-state index contributed by atoms with van der Waals surface area (Å²) in [6, 6.07) is 7.51. The van der Waals surface area contributed by atoms with Gasteiger partial charge in [-0.25, -0.2) is 9.78 Å². The van der Waals surface area contributed by atoms with Crippen molar-refractivity contribution in [3.8, 4) is 0 Å². The number of pyridine rings is 1. The topological polar surface area (TPSA) is 72.9 Å². The van der Waals surface area contributed by atoms with E-state index in [2.05, 4.69) is 10.3 Å². The van der Waals surface area contributed by atoms with Crippen LogP contribution in [0, 0.1) is 0 Å². The predicted molar refractivity (Wildman–Crippen MR) is 111 cm³/mol. The summed E-state index contributed by atoms with van der Waals surface area (Å²) in [7, 11) is 0. The standard InChI is InChI=1S/C21H26ClN3O4/c1-20(2)14-27-21(29-28-20)7-11-25(12-8-21)19(26)6-10-23-17-5-9-24-18-13-15(22)3-4-16(17)18/h3-5,9,13H,6-8,10-12,14H2,1-2H3,(H,23,24). The van der Waals surface area contributed by atoms with Crippen LogP contribution in [0.15, 0.2) is 30.5 Å². The van der Waals surface area contributed by atoms with Gasteiger partial charge in [0.2, 0.25) is 11.7 Å². The van der Waals surface area contributed by atoms with E-state index in [0.717, 1.165) is 16.6 Å². The van der Waals surface area contributed by atoms with Gasteiger partial charge in [0.1, 0.15) is 5.60 Å². The molecule has 2 fully saturated rings. The van der Waals surface area contributed by atoms with Crippen molar-refractivity contribution in [1.29, 1.82) is 0 Å². The van der Waals surface area contributed by atoms with Crippen LogP contribution in [0.3, 0.4) is 0 Å². The lowest BCUT2D eigenvalue weighted by molar-refractivity contribution is -0.511. The van der Waals surface area contributed by atoms with Gasteiger partial charge in [-0.3, -0.25) is 9.78 Å². The van der Waals surface area contributed by atoms with Crippen molar-refractivity contribution in [2.45, 2.75) is 44.5 Å². The molecule has 0 atom stereocenters. The molecule has 8 heteroatoms. The number of nitrogens with zero attached hydrogens (tertiary/aromatic N) is 2. The number of hydrogen-bond acceptors (Lipinski definition) is 6. The number of aromatic nitrogens is 1. The van der Waals surface area contributed by atoms with Gasteiger partial charge in [-0.15, -0.1) is 0 Å². The molecule has 1 aromatic carbocycles. The second kappa shape index (κ2) is 8.07. The lowest BCUT2D eigenvalue weighted by Crippen LogP contribution is -2.55. The molecular formula is C21H26ClN3O4. The van der Waals surface area contributed by atoms with E-state index in [9.17, 15) is 4.79 Å². The highest BCUT2D eigenvalue weighted by Gasteiger charge is 2.45. The van der Waals surface area contributed by atoms with Crippen LogP contribution in [-0.2, 0) is 19.3 Å². The van der Waals surface area contributed by atoms with E-state index in [1.807, 2.05) is 43.0 Å². The summed E-state index contributed by atoms with van der Waals surface area (Å²) in [5.74, 6) is -0.604. The molecule has 2 saturated heterocycles. The van der Waals surface area contributed by atoms with Gasteiger partial charge < -0.3 is 15.0 Å². The summed E-state index contributed by atoms with van der Waals surface area (Å²) < 4.78 is 5.93. The van der Waals surface area contributed by atoms with Gasteiger partial charge in [-0.05, 0) is 38.1 Å². The molecule has 0 saturated carbocycles. The number of piperidine rings is 1. The zero-order chi connectivity index (χ0) is 20.5. The summed E-state index contributed by atoms with van der Waals surface area (Å²) >= 11 is 6.03. The van der Waals surface area contributed by atoms with Gasteiger partial charge >= 0.3 is 0 Å². The highest BCUT2D eigenvalue weighted by atomic mass is 35.5. The fourth-order valence-corrected chi connectivity index (χ4v) is 3.77. The van der Waals surface area contributed by atoms with Crippen LogP contribution in [0.25, 0.3) is 10.9 Å². The zero-order valence-corrected chi connectivity index (χ0v) is 17.5. The number of benzene rings is 1. The molecule has 29 heavy (non-hydrogen) atoms. The van der Waals surface area contributed by atoms with Crippen molar-refractivity contribution in [3.05, 3.63) is 35.5 Å². The van der Waals surface area contributed by atoms with Crippen molar-refractivity contribution < 1.29 is 19.3 Å². The van der Waals surface area contributed by atoms with E-state index in [0.29, 0.717) is 50.5 Å². The molecule has 2 aliphatic rings. The molecule has 1 spiro atoms. The number of carbonyl (C=O) groups excluding carboxylic acids is 1. The average molecular weight is 420 g/mol. The molecule has 0 radical (unpaired) electrons. The second-order valence-corrected chi connectivity index (χ2v) is 8.64. The van der Waals surface area contributed by atoms with Crippen LogP contribution >= 0.6 is 11.6 Å². The number of anilines is 1. The Morgan fingerprint density at radius 1 is 1.24 bits per heavy atom. The second-order valence-electron chi connectivity index (χ2n) is 8.20. The van der Waals surface area contributed by atoms with Gasteiger partial charge in [0.15, 0.2) is 0 Å². The fourth-order valence-electron chi connectivity index (χ4n) is 3.60. The minimum Gasteiger partial charge on any atom is -0.384 e. The van der Waals surface area contributed by atoms with E-state index < -0.39 is 11.4 Å². The Morgan fingerprint density at radius 3 is 2.76 bits per heavy atom. The van der Waals surface area contributed by atoms with Crippen molar-refractivity contribution >= 4 is 34.1 Å². The normalized spacial score (nSPS) is 20.7. The molecule has 4 rings (SSSR count). The first-order chi connectivity index (χ1) is 13.9. The SMILES string of the molecule is CC1(C)COC2(CCN(C(=O)CCNc3ccnc4cc(Cl)ccc34)CC2)OO1. The number of fused-ring (bicyclic) bond motifs is 1. The van der Waals surface area contributed by atoms with Crippen LogP contribution in [0.2, 0.25) is 5.02 Å². The Bertz CT molecular complexity index is 885. The number of halogens is 1. The first-order valence-electron chi connectivity index (χ1n) is 9.93. The molecule has 156 valence electrons. The van der Waals surface area contributed by atoms with Crippen molar-refractivity contribution in [2.24, 2.45) is 0 Å². The Labute approximate surface area is 175 Å². The molecular weight excluding hydrogens is 394 g/mol. The van der Waals surface area contributed by atoms with Crippen molar-refractivity contribution in [2.75, 3.05) is 31.6 Å². The van der Waals surface area contributed by atoms with Crippen LogP contribution in [-0.4, -0.2) is 53.4 Å². The largest absolute Gasteiger partial charge is 0.384 e. The third-order valence-electron chi connectivity index (χ3n) is 5.34. The maximum absolute atomic E-state index is 12.6. The highest BCUT2D eigenvalue weighted by molar-refractivity contribution is 6.31. The Morgan fingerprint density at radius 2 is 2.03 bits per heavy atom.